The largest absolute Gasteiger partial charge is 0.330 e. The second-order valence-electron chi connectivity index (χ2n) is 4.60. The summed E-state index contributed by atoms with van der Waals surface area (Å²) in [6.45, 7) is 0. The predicted molar refractivity (Wildman–Crippen MR) is 82.9 cm³/mol. The van der Waals surface area contributed by atoms with E-state index in [9.17, 15) is 0 Å². The lowest BCUT2D eigenvalue weighted by Gasteiger charge is -2.03. The van der Waals surface area contributed by atoms with Crippen molar-refractivity contribution >= 4 is 33.8 Å². The number of benzene rings is 1. The van der Waals surface area contributed by atoms with Gasteiger partial charge in [-0.3, -0.25) is 4.98 Å². The molecule has 0 bridgehead atoms. The monoisotopic (exact) mass is 299 g/mol. The van der Waals surface area contributed by atoms with E-state index in [-0.39, 0.29) is 0 Å². The van der Waals surface area contributed by atoms with E-state index in [0.29, 0.717) is 0 Å². The lowest BCUT2D eigenvalue weighted by molar-refractivity contribution is 1.30. The zero-order valence-corrected chi connectivity index (χ0v) is 12.0. The van der Waals surface area contributed by atoms with Gasteiger partial charge in [-0.1, -0.05) is 23.7 Å². The van der Waals surface area contributed by atoms with Crippen molar-refractivity contribution in [2.45, 2.75) is 6.42 Å². The van der Waals surface area contributed by atoms with Crippen LogP contribution in [0, 0.1) is 0 Å². The summed E-state index contributed by atoms with van der Waals surface area (Å²) in [6, 6.07) is 9.87. The molecule has 0 spiro atoms. The summed E-state index contributed by atoms with van der Waals surface area (Å²) in [5, 5.41) is 5.02. The number of halogens is 1. The van der Waals surface area contributed by atoms with E-state index in [1.165, 1.54) is 10.4 Å². The normalized spacial score (nSPS) is 12.1. The Hall–Kier alpha value is -1.91. The van der Waals surface area contributed by atoms with Crippen LogP contribution in [-0.4, -0.2) is 9.97 Å². The van der Waals surface area contributed by atoms with Crippen LogP contribution in [0.5, 0.6) is 0 Å². The van der Waals surface area contributed by atoms with Gasteiger partial charge in [0.1, 0.15) is 0 Å². The number of hydrogen-bond donors (Lipinski definition) is 1. The topological polar surface area (TPSA) is 37.8 Å². The number of pyridine rings is 1. The highest BCUT2D eigenvalue weighted by atomic mass is 35.5. The van der Waals surface area contributed by atoms with Crippen molar-refractivity contribution < 1.29 is 0 Å². The Bertz CT molecular complexity index is 783. The molecular weight excluding hydrogens is 290 g/mol. The number of nitrogens with one attached hydrogen (secondary N) is 1. The third kappa shape index (κ3) is 1.88. The summed E-state index contributed by atoms with van der Waals surface area (Å²) in [5.74, 6) is 0. The van der Waals surface area contributed by atoms with E-state index in [4.69, 9.17) is 11.6 Å². The van der Waals surface area contributed by atoms with Gasteiger partial charge in [0.25, 0.3) is 0 Å². The van der Waals surface area contributed by atoms with Gasteiger partial charge in [-0.15, -0.1) is 11.3 Å². The molecular formula is C15H10ClN3S. The van der Waals surface area contributed by atoms with Gasteiger partial charge in [-0.2, -0.15) is 0 Å². The van der Waals surface area contributed by atoms with E-state index in [2.05, 4.69) is 21.4 Å². The zero-order valence-electron chi connectivity index (χ0n) is 10.4. The number of thiazole rings is 1. The highest BCUT2D eigenvalue weighted by Crippen LogP contribution is 2.43. The van der Waals surface area contributed by atoms with Gasteiger partial charge in [-0.05, 0) is 23.8 Å². The zero-order chi connectivity index (χ0) is 13.5. The summed E-state index contributed by atoms with van der Waals surface area (Å²) in [7, 11) is 0. The molecule has 2 aromatic heterocycles. The van der Waals surface area contributed by atoms with Crippen LogP contribution >= 0.6 is 22.9 Å². The average Bonchev–Trinajstić information content (AvgIpc) is 2.99. The van der Waals surface area contributed by atoms with E-state index in [1.54, 1.807) is 23.7 Å². The number of fused-ring (bicyclic) bond motifs is 3. The maximum Gasteiger partial charge on any atom is 0.188 e. The Kier molecular flexibility index (Phi) is 2.72. The molecule has 5 heteroatoms. The number of aromatic nitrogens is 2. The molecule has 1 aliphatic carbocycles. The predicted octanol–water partition coefficient (Wildman–Crippen LogP) is 4.51. The van der Waals surface area contributed by atoms with Crippen molar-refractivity contribution in [1.82, 2.24) is 9.97 Å². The molecule has 1 N–H and O–H groups in total. The molecule has 0 amide bonds. The first-order chi connectivity index (χ1) is 9.81. The molecule has 2 heterocycles. The number of nitrogens with zero attached hydrogens (tertiary/aromatic N) is 2. The van der Waals surface area contributed by atoms with Gasteiger partial charge in [0.05, 0.1) is 17.6 Å². The number of anilines is 2. The lowest BCUT2D eigenvalue weighted by atomic mass is 10.1. The minimum atomic E-state index is 0.828. The minimum Gasteiger partial charge on any atom is -0.330 e. The Morgan fingerprint density at radius 2 is 2.15 bits per heavy atom. The first-order valence-electron chi connectivity index (χ1n) is 6.26. The molecule has 0 radical (unpaired) electrons. The molecule has 0 fully saturated rings. The summed E-state index contributed by atoms with van der Waals surface area (Å²) in [4.78, 5) is 10.0. The van der Waals surface area contributed by atoms with Crippen LogP contribution in [0.3, 0.4) is 0 Å². The molecule has 1 aromatic carbocycles. The fourth-order valence-electron chi connectivity index (χ4n) is 2.42. The van der Waals surface area contributed by atoms with E-state index >= 15 is 0 Å². The molecule has 0 atom stereocenters. The van der Waals surface area contributed by atoms with Crippen molar-refractivity contribution in [3.63, 3.8) is 0 Å². The van der Waals surface area contributed by atoms with Crippen molar-refractivity contribution in [2.24, 2.45) is 0 Å². The Morgan fingerprint density at radius 3 is 3.00 bits per heavy atom. The SMILES string of the molecule is Clc1cccc2c1Cc1sc(Nc3cccnc3)nc1-2. The first-order valence-corrected chi connectivity index (χ1v) is 7.45. The fourth-order valence-corrected chi connectivity index (χ4v) is 3.67. The Morgan fingerprint density at radius 1 is 1.20 bits per heavy atom. The summed E-state index contributed by atoms with van der Waals surface area (Å²) in [6.07, 6.45) is 4.42. The van der Waals surface area contributed by atoms with Crippen molar-refractivity contribution in [1.29, 1.82) is 0 Å². The van der Waals surface area contributed by atoms with Crippen LogP contribution in [0.1, 0.15) is 10.4 Å². The molecule has 98 valence electrons. The highest BCUT2D eigenvalue weighted by Gasteiger charge is 2.24. The molecule has 0 saturated heterocycles. The Balaban J connectivity index is 1.71. The van der Waals surface area contributed by atoms with Crippen molar-refractivity contribution in [2.75, 3.05) is 5.32 Å². The number of rotatable bonds is 2. The number of hydrogen-bond acceptors (Lipinski definition) is 4. The lowest BCUT2D eigenvalue weighted by Crippen LogP contribution is -1.90. The quantitative estimate of drug-likeness (QED) is 0.592. The molecule has 0 aliphatic heterocycles. The van der Waals surface area contributed by atoms with Crippen LogP contribution in [0.25, 0.3) is 11.3 Å². The second-order valence-corrected chi connectivity index (χ2v) is 6.09. The molecule has 20 heavy (non-hydrogen) atoms. The fraction of sp³-hybridized carbons (Fsp3) is 0.0667. The summed E-state index contributed by atoms with van der Waals surface area (Å²) in [5.41, 5.74) is 4.35. The molecule has 0 saturated carbocycles. The molecule has 3 aromatic rings. The van der Waals surface area contributed by atoms with E-state index in [1.807, 2.05) is 24.3 Å². The van der Waals surface area contributed by atoms with E-state index < -0.39 is 0 Å². The van der Waals surface area contributed by atoms with Gasteiger partial charge in [0.15, 0.2) is 5.13 Å². The molecule has 0 unspecified atom stereocenters. The standard InChI is InChI=1S/C15H10ClN3S/c16-12-5-1-4-10-11(12)7-13-14(10)19-15(20-13)18-9-3-2-6-17-8-9/h1-6,8H,7H2,(H,18,19). The van der Waals surface area contributed by atoms with Crippen LogP contribution in [0.4, 0.5) is 10.8 Å². The van der Waals surface area contributed by atoms with Gasteiger partial charge < -0.3 is 5.32 Å². The average molecular weight is 300 g/mol. The van der Waals surface area contributed by atoms with Gasteiger partial charge in [0.2, 0.25) is 0 Å². The smallest absolute Gasteiger partial charge is 0.188 e. The van der Waals surface area contributed by atoms with Crippen LogP contribution in [0.2, 0.25) is 5.02 Å². The van der Waals surface area contributed by atoms with Gasteiger partial charge >= 0.3 is 0 Å². The summed E-state index contributed by atoms with van der Waals surface area (Å²) < 4.78 is 0. The van der Waals surface area contributed by atoms with Crippen molar-refractivity contribution in [3.8, 4) is 11.3 Å². The molecule has 4 rings (SSSR count). The maximum atomic E-state index is 6.24. The first kappa shape index (κ1) is 11.9. The van der Waals surface area contributed by atoms with Gasteiger partial charge in [0, 0.05) is 28.1 Å². The minimum absolute atomic E-state index is 0.828. The third-order valence-corrected chi connectivity index (χ3v) is 4.65. The highest BCUT2D eigenvalue weighted by molar-refractivity contribution is 7.16. The molecule has 3 nitrogen and oxygen atoms in total. The third-order valence-electron chi connectivity index (χ3n) is 3.32. The summed E-state index contributed by atoms with van der Waals surface area (Å²) >= 11 is 7.91. The molecule has 1 aliphatic rings. The Labute approximate surface area is 125 Å². The van der Waals surface area contributed by atoms with E-state index in [0.717, 1.165) is 33.5 Å². The van der Waals surface area contributed by atoms with Crippen molar-refractivity contribution in [3.05, 3.63) is 58.2 Å². The van der Waals surface area contributed by atoms with Crippen LogP contribution in [0.15, 0.2) is 42.7 Å². The maximum absolute atomic E-state index is 6.24. The second kappa shape index (κ2) is 4.58. The van der Waals surface area contributed by atoms with Crippen LogP contribution in [-0.2, 0) is 6.42 Å². The van der Waals surface area contributed by atoms with Crippen LogP contribution < -0.4 is 5.32 Å². The van der Waals surface area contributed by atoms with Gasteiger partial charge in [-0.25, -0.2) is 4.98 Å².